The summed E-state index contributed by atoms with van der Waals surface area (Å²) in [6.45, 7) is 6.29. The van der Waals surface area contributed by atoms with Gasteiger partial charge in [0.2, 0.25) is 5.95 Å². The van der Waals surface area contributed by atoms with Crippen molar-refractivity contribution >= 4 is 15.8 Å². The quantitative estimate of drug-likeness (QED) is 0.838. The van der Waals surface area contributed by atoms with Gasteiger partial charge in [0, 0.05) is 18.8 Å². The van der Waals surface area contributed by atoms with Gasteiger partial charge in [-0.25, -0.2) is 13.4 Å². The molecule has 1 saturated heterocycles. The van der Waals surface area contributed by atoms with Crippen molar-refractivity contribution in [3.8, 4) is 0 Å². The summed E-state index contributed by atoms with van der Waals surface area (Å²) in [5.74, 6) is 1.24. The lowest BCUT2D eigenvalue weighted by atomic mass is 10.2. The summed E-state index contributed by atoms with van der Waals surface area (Å²) in [7, 11) is -2.89. The van der Waals surface area contributed by atoms with Crippen LogP contribution in [0.4, 0.5) is 5.95 Å². The minimum absolute atomic E-state index is 0.0332. The first-order chi connectivity index (χ1) is 8.50. The molecule has 2 heterocycles. The predicted molar refractivity (Wildman–Crippen MR) is 72.5 cm³/mol. The highest BCUT2D eigenvalue weighted by atomic mass is 32.2. The van der Waals surface area contributed by atoms with Gasteiger partial charge in [-0.15, -0.1) is 6.58 Å². The Balaban J connectivity index is 2.11. The summed E-state index contributed by atoms with van der Waals surface area (Å²) in [4.78, 5) is 4.38. The maximum absolute atomic E-state index is 11.6. The number of imidazole rings is 1. The lowest BCUT2D eigenvalue weighted by Gasteiger charge is -2.23. The molecule has 0 spiro atoms. The molecule has 1 fully saturated rings. The van der Waals surface area contributed by atoms with Crippen LogP contribution in [-0.2, 0) is 16.4 Å². The fourth-order valence-corrected chi connectivity index (χ4v) is 3.90. The van der Waals surface area contributed by atoms with Gasteiger partial charge in [-0.1, -0.05) is 6.08 Å². The molecule has 1 atom stereocenters. The van der Waals surface area contributed by atoms with Crippen molar-refractivity contribution < 1.29 is 8.42 Å². The normalized spacial score (nSPS) is 22.6. The fourth-order valence-electron chi connectivity index (χ4n) is 2.26. The first-order valence-corrected chi connectivity index (χ1v) is 7.94. The molecule has 0 aromatic carbocycles. The summed E-state index contributed by atoms with van der Waals surface area (Å²) in [6, 6.07) is -0.0332. The van der Waals surface area contributed by atoms with Crippen LogP contribution in [0.5, 0.6) is 0 Å². The number of hydrogen-bond acceptors (Lipinski definition) is 4. The summed E-state index contributed by atoms with van der Waals surface area (Å²) >= 11 is 0. The van der Waals surface area contributed by atoms with Gasteiger partial charge in [-0.05, 0) is 19.8 Å². The molecule has 0 radical (unpaired) electrons. The molecule has 2 rings (SSSR count). The number of sulfone groups is 1. The molecule has 5 nitrogen and oxygen atoms in total. The van der Waals surface area contributed by atoms with Crippen LogP contribution in [0.15, 0.2) is 18.9 Å². The highest BCUT2D eigenvalue weighted by Gasteiger charge is 2.25. The van der Waals surface area contributed by atoms with Crippen LogP contribution in [-0.4, -0.2) is 35.5 Å². The Bertz CT molecular complexity index is 534. The van der Waals surface area contributed by atoms with E-state index in [1.54, 1.807) is 6.08 Å². The zero-order valence-electron chi connectivity index (χ0n) is 10.6. The highest BCUT2D eigenvalue weighted by molar-refractivity contribution is 7.91. The highest BCUT2D eigenvalue weighted by Crippen LogP contribution is 2.17. The lowest BCUT2D eigenvalue weighted by molar-refractivity contribution is 0.560. The van der Waals surface area contributed by atoms with Gasteiger partial charge in [0.15, 0.2) is 9.84 Å². The van der Waals surface area contributed by atoms with E-state index in [0.717, 1.165) is 24.5 Å². The summed E-state index contributed by atoms with van der Waals surface area (Å²) in [6.07, 6.45) is 5.33. The molecular formula is C12H19N3O2S. The molecule has 6 heteroatoms. The van der Waals surface area contributed by atoms with E-state index in [2.05, 4.69) is 16.9 Å². The van der Waals surface area contributed by atoms with E-state index in [0.29, 0.717) is 12.3 Å². The minimum Gasteiger partial charge on any atom is -0.352 e. The van der Waals surface area contributed by atoms with E-state index in [1.165, 1.54) is 0 Å². The molecule has 1 unspecified atom stereocenters. The van der Waals surface area contributed by atoms with E-state index in [4.69, 9.17) is 0 Å². The average molecular weight is 269 g/mol. The number of nitrogens with zero attached hydrogens (tertiary/aromatic N) is 2. The molecule has 1 aromatic rings. The molecule has 18 heavy (non-hydrogen) atoms. The Morgan fingerprint density at radius 2 is 2.44 bits per heavy atom. The van der Waals surface area contributed by atoms with E-state index in [-0.39, 0.29) is 11.8 Å². The molecule has 0 aliphatic carbocycles. The van der Waals surface area contributed by atoms with Crippen molar-refractivity contribution in [2.45, 2.75) is 32.4 Å². The van der Waals surface area contributed by atoms with Gasteiger partial charge in [-0.3, -0.25) is 0 Å². The molecule has 1 aliphatic heterocycles. The number of nitrogens with one attached hydrogen (secondary N) is 1. The van der Waals surface area contributed by atoms with Gasteiger partial charge in [0.1, 0.15) is 0 Å². The summed E-state index contributed by atoms with van der Waals surface area (Å²) in [5, 5.41) is 3.24. The van der Waals surface area contributed by atoms with Crippen LogP contribution in [0, 0.1) is 6.92 Å². The second kappa shape index (κ2) is 5.14. The van der Waals surface area contributed by atoms with Gasteiger partial charge in [-0.2, -0.15) is 0 Å². The van der Waals surface area contributed by atoms with Crippen molar-refractivity contribution in [1.29, 1.82) is 0 Å². The van der Waals surface area contributed by atoms with Crippen LogP contribution in [0.1, 0.15) is 18.5 Å². The molecule has 1 aliphatic rings. The first kappa shape index (κ1) is 13.1. The number of aryl methyl sites for hydroxylation is 1. The third kappa shape index (κ3) is 3.13. The van der Waals surface area contributed by atoms with Gasteiger partial charge < -0.3 is 9.88 Å². The zero-order chi connectivity index (χ0) is 13.2. The van der Waals surface area contributed by atoms with E-state index < -0.39 is 9.84 Å². The van der Waals surface area contributed by atoms with Crippen molar-refractivity contribution in [2.75, 3.05) is 16.8 Å². The number of anilines is 1. The van der Waals surface area contributed by atoms with Crippen molar-refractivity contribution in [3.05, 3.63) is 24.5 Å². The van der Waals surface area contributed by atoms with E-state index >= 15 is 0 Å². The minimum atomic E-state index is -2.89. The Morgan fingerprint density at radius 1 is 1.67 bits per heavy atom. The van der Waals surface area contributed by atoms with Crippen LogP contribution >= 0.6 is 0 Å². The van der Waals surface area contributed by atoms with Crippen LogP contribution in [0.3, 0.4) is 0 Å². The number of rotatable bonds is 4. The van der Waals surface area contributed by atoms with Crippen molar-refractivity contribution in [2.24, 2.45) is 0 Å². The average Bonchev–Trinajstić information content (AvgIpc) is 2.58. The van der Waals surface area contributed by atoms with Crippen molar-refractivity contribution in [3.63, 3.8) is 0 Å². The predicted octanol–water partition coefficient (Wildman–Crippen LogP) is 1.37. The van der Waals surface area contributed by atoms with Crippen LogP contribution < -0.4 is 5.32 Å². The monoisotopic (exact) mass is 269 g/mol. The second-order valence-electron chi connectivity index (χ2n) is 4.74. The molecule has 0 bridgehead atoms. The molecule has 100 valence electrons. The van der Waals surface area contributed by atoms with Crippen LogP contribution in [0.25, 0.3) is 0 Å². The van der Waals surface area contributed by atoms with E-state index in [9.17, 15) is 8.42 Å². The zero-order valence-corrected chi connectivity index (χ0v) is 11.4. The van der Waals surface area contributed by atoms with Crippen molar-refractivity contribution in [1.82, 2.24) is 9.55 Å². The maximum Gasteiger partial charge on any atom is 0.203 e. The van der Waals surface area contributed by atoms with Gasteiger partial charge >= 0.3 is 0 Å². The smallest absolute Gasteiger partial charge is 0.203 e. The second-order valence-corrected chi connectivity index (χ2v) is 6.97. The van der Waals surface area contributed by atoms with Crippen LogP contribution in [0.2, 0.25) is 0 Å². The molecular weight excluding hydrogens is 250 g/mol. The number of aromatic nitrogens is 2. The molecule has 1 aromatic heterocycles. The Labute approximate surface area is 108 Å². The Hall–Kier alpha value is -1.30. The van der Waals surface area contributed by atoms with Gasteiger partial charge in [0.05, 0.1) is 17.2 Å². The van der Waals surface area contributed by atoms with E-state index in [1.807, 2.05) is 17.7 Å². The molecule has 1 N–H and O–H groups in total. The summed E-state index contributed by atoms with van der Waals surface area (Å²) < 4.78 is 25.1. The third-order valence-electron chi connectivity index (χ3n) is 3.02. The topological polar surface area (TPSA) is 64.0 Å². The largest absolute Gasteiger partial charge is 0.352 e. The maximum atomic E-state index is 11.6. The van der Waals surface area contributed by atoms with Gasteiger partial charge in [0.25, 0.3) is 0 Å². The Kier molecular flexibility index (Phi) is 3.75. The first-order valence-electron chi connectivity index (χ1n) is 6.12. The SMILES string of the molecule is C=CCn1cc(C)nc1NC1CCCS(=O)(=O)C1. The molecule has 0 amide bonds. The molecule has 0 saturated carbocycles. The lowest BCUT2D eigenvalue weighted by Crippen LogP contribution is -2.35. The number of allylic oxidation sites excluding steroid dienone is 1. The standard InChI is InChI=1S/C12H19N3O2S/c1-3-6-15-8-10(2)13-12(15)14-11-5-4-7-18(16,17)9-11/h3,8,11H,1,4-7,9H2,2H3,(H,13,14). The Morgan fingerprint density at radius 3 is 3.11 bits per heavy atom. The fraction of sp³-hybridized carbons (Fsp3) is 0.583. The third-order valence-corrected chi connectivity index (χ3v) is 4.84. The number of hydrogen-bond donors (Lipinski definition) is 1. The summed E-state index contributed by atoms with van der Waals surface area (Å²) in [5.41, 5.74) is 0.915.